The van der Waals surface area contributed by atoms with E-state index in [9.17, 15) is 14.7 Å². The molecule has 0 unspecified atom stereocenters. The molecule has 1 atom stereocenters. The number of Topliss-reactive ketones (excluding diaryl/α,β-unsaturated/α-hetero) is 1. The van der Waals surface area contributed by atoms with Gasteiger partial charge in [0.2, 0.25) is 0 Å². The van der Waals surface area contributed by atoms with E-state index in [0.717, 1.165) is 19.6 Å². The maximum atomic E-state index is 13.3. The van der Waals surface area contributed by atoms with Crippen LogP contribution >= 0.6 is 0 Å². The fourth-order valence-corrected chi connectivity index (χ4v) is 4.42. The summed E-state index contributed by atoms with van der Waals surface area (Å²) < 4.78 is 11.2. The second-order valence-corrected chi connectivity index (χ2v) is 8.50. The predicted molar refractivity (Wildman–Crippen MR) is 141 cm³/mol. The molecule has 1 amide bonds. The quantitative estimate of drug-likeness (QED) is 0.187. The van der Waals surface area contributed by atoms with Crippen molar-refractivity contribution in [1.29, 1.82) is 0 Å². The second kappa shape index (κ2) is 12.9. The third-order valence-electron chi connectivity index (χ3n) is 6.29. The molecule has 36 heavy (non-hydrogen) atoms. The Morgan fingerprint density at radius 2 is 1.78 bits per heavy atom. The molecule has 0 bridgehead atoms. The lowest BCUT2D eigenvalue weighted by Crippen LogP contribution is -2.33. The van der Waals surface area contributed by atoms with Crippen molar-refractivity contribution in [2.45, 2.75) is 33.2 Å². The molecule has 192 valence electrons. The molecule has 1 heterocycles. The summed E-state index contributed by atoms with van der Waals surface area (Å²) in [7, 11) is 0. The fraction of sp³-hybridized carbons (Fsp3) is 0.379. The van der Waals surface area contributed by atoms with Crippen molar-refractivity contribution < 1.29 is 24.2 Å². The molecule has 0 spiro atoms. The first-order valence-electron chi connectivity index (χ1n) is 12.5. The van der Waals surface area contributed by atoms with Crippen molar-refractivity contribution in [3.8, 4) is 11.5 Å². The number of aliphatic hydroxyl groups excluding tert-OH is 1. The molecule has 1 N–H and O–H groups in total. The number of likely N-dealkylation sites (tertiary alicyclic amines) is 1. The molecule has 7 nitrogen and oxygen atoms in total. The molecule has 1 aliphatic heterocycles. The molecule has 1 aliphatic rings. The van der Waals surface area contributed by atoms with Gasteiger partial charge in [-0.15, -0.1) is 0 Å². The molecule has 3 rings (SSSR count). The van der Waals surface area contributed by atoms with Crippen molar-refractivity contribution in [2.24, 2.45) is 0 Å². The van der Waals surface area contributed by atoms with Crippen LogP contribution in [0.4, 0.5) is 0 Å². The zero-order valence-corrected chi connectivity index (χ0v) is 21.4. The van der Waals surface area contributed by atoms with Gasteiger partial charge in [-0.1, -0.05) is 38.6 Å². The van der Waals surface area contributed by atoms with Crippen LogP contribution in [-0.2, 0) is 9.59 Å². The summed E-state index contributed by atoms with van der Waals surface area (Å²) in [6, 6.07) is 13.4. The van der Waals surface area contributed by atoms with Crippen molar-refractivity contribution in [2.75, 3.05) is 39.4 Å². The standard InChI is InChI=1S/C29H36N2O5/c1-5-19-36-24-12-9-11-22(20-24)26-25(27(32)21-13-15-23(16-14-21)35-8-4)28(33)29(34)31(26)18-10-17-30(6-2)7-3/h5,9,11-16,20,26,32H,1,6-8,10,17-19H2,2-4H3/t26-/m1/s1. The van der Waals surface area contributed by atoms with Crippen LogP contribution in [0.1, 0.15) is 44.4 Å². The zero-order chi connectivity index (χ0) is 26.1. The Hall–Kier alpha value is -3.58. The van der Waals surface area contributed by atoms with Crippen molar-refractivity contribution in [3.05, 3.63) is 77.9 Å². The van der Waals surface area contributed by atoms with E-state index in [-0.39, 0.29) is 11.3 Å². The first kappa shape index (κ1) is 27.0. The Morgan fingerprint density at radius 1 is 1.06 bits per heavy atom. The molecule has 0 aromatic heterocycles. The van der Waals surface area contributed by atoms with E-state index in [2.05, 4.69) is 25.3 Å². The number of ether oxygens (including phenoxy) is 2. The van der Waals surface area contributed by atoms with E-state index in [0.29, 0.717) is 48.8 Å². The molecule has 7 heteroatoms. The van der Waals surface area contributed by atoms with Gasteiger partial charge >= 0.3 is 0 Å². The minimum Gasteiger partial charge on any atom is -0.507 e. The molecular formula is C29H36N2O5. The summed E-state index contributed by atoms with van der Waals surface area (Å²) in [5.41, 5.74) is 1.22. The minimum absolute atomic E-state index is 0.0767. The van der Waals surface area contributed by atoms with Crippen LogP contribution in [-0.4, -0.2) is 66.0 Å². The number of hydrogen-bond acceptors (Lipinski definition) is 6. The van der Waals surface area contributed by atoms with E-state index in [1.165, 1.54) is 0 Å². The highest BCUT2D eigenvalue weighted by molar-refractivity contribution is 6.46. The Morgan fingerprint density at radius 3 is 2.42 bits per heavy atom. The number of benzene rings is 2. The van der Waals surface area contributed by atoms with Gasteiger partial charge < -0.3 is 24.4 Å². The third-order valence-corrected chi connectivity index (χ3v) is 6.29. The summed E-state index contributed by atoms with van der Waals surface area (Å²) in [5, 5.41) is 11.3. The van der Waals surface area contributed by atoms with E-state index in [1.807, 2.05) is 31.2 Å². The fourth-order valence-electron chi connectivity index (χ4n) is 4.42. The van der Waals surface area contributed by atoms with Crippen molar-refractivity contribution in [3.63, 3.8) is 0 Å². The van der Waals surface area contributed by atoms with Gasteiger partial charge in [0.15, 0.2) is 0 Å². The van der Waals surface area contributed by atoms with Gasteiger partial charge in [0.25, 0.3) is 11.7 Å². The van der Waals surface area contributed by atoms with Crippen LogP contribution in [0.25, 0.3) is 5.76 Å². The summed E-state index contributed by atoms with van der Waals surface area (Å²) in [4.78, 5) is 30.3. The topological polar surface area (TPSA) is 79.3 Å². The highest BCUT2D eigenvalue weighted by atomic mass is 16.5. The predicted octanol–water partition coefficient (Wildman–Crippen LogP) is 4.80. The number of carbonyl (C=O) groups excluding carboxylic acids is 2. The molecule has 0 aliphatic carbocycles. The zero-order valence-electron chi connectivity index (χ0n) is 21.4. The first-order valence-corrected chi connectivity index (χ1v) is 12.5. The number of carbonyl (C=O) groups is 2. The number of ketones is 1. The first-order chi connectivity index (χ1) is 17.4. The lowest BCUT2D eigenvalue weighted by Gasteiger charge is -2.27. The van der Waals surface area contributed by atoms with Crippen molar-refractivity contribution in [1.82, 2.24) is 9.80 Å². The Bertz CT molecular complexity index is 1090. The number of aliphatic hydroxyl groups is 1. The molecule has 2 aromatic carbocycles. The summed E-state index contributed by atoms with van der Waals surface area (Å²) in [6.45, 7) is 13.7. The average Bonchev–Trinajstić information content (AvgIpc) is 3.15. The smallest absolute Gasteiger partial charge is 0.295 e. The van der Waals surface area contributed by atoms with Gasteiger partial charge in [-0.2, -0.15) is 0 Å². The van der Waals surface area contributed by atoms with Gasteiger partial charge in [-0.25, -0.2) is 0 Å². The Kier molecular flexibility index (Phi) is 9.70. The second-order valence-electron chi connectivity index (χ2n) is 8.50. The Labute approximate surface area is 213 Å². The summed E-state index contributed by atoms with van der Waals surface area (Å²) in [6.07, 6.45) is 2.36. The van der Waals surface area contributed by atoms with Crippen LogP contribution < -0.4 is 9.47 Å². The van der Waals surface area contributed by atoms with Gasteiger partial charge in [0.1, 0.15) is 23.9 Å². The molecule has 0 saturated carbocycles. The number of rotatable bonds is 13. The molecule has 2 aromatic rings. The molecule has 1 fully saturated rings. The van der Waals surface area contributed by atoms with Crippen LogP contribution in [0, 0.1) is 0 Å². The van der Waals surface area contributed by atoms with Gasteiger partial charge in [0.05, 0.1) is 18.2 Å². The maximum absolute atomic E-state index is 13.3. The van der Waals surface area contributed by atoms with E-state index >= 15 is 0 Å². The summed E-state index contributed by atoms with van der Waals surface area (Å²) in [5.74, 6) is -0.238. The van der Waals surface area contributed by atoms with Crippen LogP contribution in [0.2, 0.25) is 0 Å². The number of amides is 1. The van der Waals surface area contributed by atoms with Crippen LogP contribution in [0.3, 0.4) is 0 Å². The average molecular weight is 493 g/mol. The SMILES string of the molecule is C=CCOc1cccc([C@@H]2C(=C(O)c3ccc(OCC)cc3)C(=O)C(=O)N2CCCN(CC)CC)c1. The largest absolute Gasteiger partial charge is 0.507 e. The summed E-state index contributed by atoms with van der Waals surface area (Å²) >= 11 is 0. The monoisotopic (exact) mass is 492 g/mol. The van der Waals surface area contributed by atoms with Crippen LogP contribution in [0.5, 0.6) is 11.5 Å². The van der Waals surface area contributed by atoms with Gasteiger partial charge in [-0.3, -0.25) is 9.59 Å². The lowest BCUT2D eigenvalue weighted by atomic mass is 9.95. The van der Waals surface area contributed by atoms with E-state index in [4.69, 9.17) is 9.47 Å². The third kappa shape index (κ3) is 6.15. The lowest BCUT2D eigenvalue weighted by molar-refractivity contribution is -0.140. The van der Waals surface area contributed by atoms with Gasteiger partial charge in [0, 0.05) is 12.1 Å². The minimum atomic E-state index is -0.722. The van der Waals surface area contributed by atoms with E-state index in [1.54, 1.807) is 35.2 Å². The molecule has 0 radical (unpaired) electrons. The highest BCUT2D eigenvalue weighted by Gasteiger charge is 2.45. The van der Waals surface area contributed by atoms with Gasteiger partial charge in [-0.05, 0) is 74.9 Å². The Balaban J connectivity index is 2.03. The maximum Gasteiger partial charge on any atom is 0.295 e. The highest BCUT2D eigenvalue weighted by Crippen LogP contribution is 2.40. The van der Waals surface area contributed by atoms with Crippen LogP contribution in [0.15, 0.2) is 66.8 Å². The number of hydrogen-bond donors (Lipinski definition) is 1. The molecule has 1 saturated heterocycles. The van der Waals surface area contributed by atoms with E-state index < -0.39 is 17.7 Å². The van der Waals surface area contributed by atoms with Crippen molar-refractivity contribution >= 4 is 17.4 Å². The number of nitrogens with zero attached hydrogens (tertiary/aromatic N) is 2. The normalized spacial score (nSPS) is 17.0. The molecular weight excluding hydrogens is 456 g/mol.